The molecule has 5 heteroatoms. The Morgan fingerprint density at radius 1 is 1.41 bits per heavy atom. The van der Waals surface area contributed by atoms with Gasteiger partial charge in [0.1, 0.15) is 6.61 Å². The highest BCUT2D eigenvalue weighted by molar-refractivity contribution is 5.29. The van der Waals surface area contributed by atoms with Crippen molar-refractivity contribution >= 4 is 5.82 Å². The summed E-state index contributed by atoms with van der Waals surface area (Å²) < 4.78 is 18.1. The number of hydrogen-bond donors (Lipinski definition) is 1. The van der Waals surface area contributed by atoms with Crippen LogP contribution in [-0.2, 0) is 6.61 Å². The van der Waals surface area contributed by atoms with Gasteiger partial charge in [-0.15, -0.1) is 0 Å². The molecule has 0 aliphatic rings. The lowest BCUT2D eigenvalue weighted by molar-refractivity contribution is 0.280. The zero-order valence-corrected chi connectivity index (χ0v) is 9.35. The molecule has 0 radical (unpaired) electrons. The largest absolute Gasteiger partial charge is 0.459 e. The van der Waals surface area contributed by atoms with Crippen molar-refractivity contribution in [2.45, 2.75) is 13.5 Å². The second kappa shape index (κ2) is 4.78. The minimum absolute atomic E-state index is 0.0745. The molecular formula is C12H12FN3O. The summed E-state index contributed by atoms with van der Waals surface area (Å²) in [6.07, 6.45) is 0.994. The molecule has 0 fully saturated rings. The van der Waals surface area contributed by atoms with Crippen LogP contribution in [0.5, 0.6) is 6.01 Å². The van der Waals surface area contributed by atoms with Gasteiger partial charge >= 0.3 is 6.01 Å². The van der Waals surface area contributed by atoms with E-state index < -0.39 is 5.82 Å². The molecule has 17 heavy (non-hydrogen) atoms. The van der Waals surface area contributed by atoms with Gasteiger partial charge in [-0.05, 0) is 12.5 Å². The van der Waals surface area contributed by atoms with E-state index in [1.54, 1.807) is 0 Å². The van der Waals surface area contributed by atoms with E-state index >= 15 is 0 Å². The molecule has 0 unspecified atom stereocenters. The highest BCUT2D eigenvalue weighted by Gasteiger charge is 2.04. The fraction of sp³-hybridized carbons (Fsp3) is 0.167. The van der Waals surface area contributed by atoms with Crippen molar-refractivity contribution in [3.05, 3.63) is 47.4 Å². The van der Waals surface area contributed by atoms with Gasteiger partial charge in [-0.25, -0.2) is 9.37 Å². The molecule has 0 aliphatic carbocycles. The normalized spacial score (nSPS) is 10.2. The van der Waals surface area contributed by atoms with Gasteiger partial charge < -0.3 is 10.5 Å². The third-order valence-corrected chi connectivity index (χ3v) is 2.20. The number of benzene rings is 1. The van der Waals surface area contributed by atoms with E-state index in [0.29, 0.717) is 6.61 Å². The molecule has 1 aromatic carbocycles. The molecular weight excluding hydrogens is 221 g/mol. The van der Waals surface area contributed by atoms with Gasteiger partial charge in [0, 0.05) is 0 Å². The van der Waals surface area contributed by atoms with E-state index in [1.165, 1.54) is 0 Å². The number of nitrogen functional groups attached to an aromatic ring is 1. The zero-order valence-electron chi connectivity index (χ0n) is 9.35. The lowest BCUT2D eigenvalue weighted by atomic mass is 10.1. The summed E-state index contributed by atoms with van der Waals surface area (Å²) in [7, 11) is 0. The fourth-order valence-corrected chi connectivity index (χ4v) is 1.38. The van der Waals surface area contributed by atoms with Gasteiger partial charge in [0.05, 0.1) is 6.20 Å². The average molecular weight is 233 g/mol. The summed E-state index contributed by atoms with van der Waals surface area (Å²) in [6.45, 7) is 2.32. The van der Waals surface area contributed by atoms with Crippen molar-refractivity contribution in [2.75, 3.05) is 5.73 Å². The van der Waals surface area contributed by atoms with E-state index in [2.05, 4.69) is 9.97 Å². The summed E-state index contributed by atoms with van der Waals surface area (Å²) in [5.74, 6) is -0.854. The van der Waals surface area contributed by atoms with E-state index in [0.717, 1.165) is 17.3 Å². The minimum Gasteiger partial charge on any atom is -0.459 e. The first-order valence-electron chi connectivity index (χ1n) is 5.11. The Hall–Kier alpha value is -2.17. The third kappa shape index (κ3) is 2.90. The zero-order chi connectivity index (χ0) is 12.3. The predicted octanol–water partition coefficient (Wildman–Crippen LogP) is 2.09. The Balaban J connectivity index is 2.05. The quantitative estimate of drug-likeness (QED) is 0.881. The van der Waals surface area contributed by atoms with Crippen LogP contribution in [0.1, 0.15) is 11.1 Å². The molecule has 0 saturated heterocycles. The summed E-state index contributed by atoms with van der Waals surface area (Å²) in [6, 6.07) is 7.93. The Morgan fingerprint density at radius 3 is 2.94 bits per heavy atom. The van der Waals surface area contributed by atoms with Crippen LogP contribution < -0.4 is 10.5 Å². The van der Waals surface area contributed by atoms with E-state index in [-0.39, 0.29) is 11.8 Å². The summed E-state index contributed by atoms with van der Waals surface area (Å²) in [4.78, 5) is 7.37. The molecule has 0 amide bonds. The van der Waals surface area contributed by atoms with Crippen LogP contribution in [0.3, 0.4) is 0 Å². The number of rotatable bonds is 3. The molecule has 0 aliphatic heterocycles. The van der Waals surface area contributed by atoms with Gasteiger partial charge in [0.25, 0.3) is 0 Å². The molecule has 1 aromatic heterocycles. The van der Waals surface area contributed by atoms with Gasteiger partial charge in [0.2, 0.25) is 0 Å². The standard InChI is InChI=1S/C12H12FN3O/c1-8-3-2-4-9(5-8)7-17-12-15-6-10(13)11(14)16-12/h2-6H,7H2,1H3,(H2,14,15,16). The van der Waals surface area contributed by atoms with Crippen LogP contribution in [0.15, 0.2) is 30.5 Å². The topological polar surface area (TPSA) is 61.0 Å². The van der Waals surface area contributed by atoms with Crippen molar-refractivity contribution < 1.29 is 9.13 Å². The summed E-state index contributed by atoms with van der Waals surface area (Å²) in [5, 5.41) is 0. The van der Waals surface area contributed by atoms with Crippen LogP contribution >= 0.6 is 0 Å². The van der Waals surface area contributed by atoms with Crippen LogP contribution in [0.2, 0.25) is 0 Å². The summed E-state index contributed by atoms with van der Waals surface area (Å²) in [5.41, 5.74) is 7.45. The lowest BCUT2D eigenvalue weighted by Gasteiger charge is -2.05. The molecule has 0 saturated carbocycles. The number of aryl methyl sites for hydroxylation is 1. The third-order valence-electron chi connectivity index (χ3n) is 2.20. The molecule has 88 valence electrons. The second-order valence-electron chi connectivity index (χ2n) is 3.66. The van der Waals surface area contributed by atoms with Gasteiger partial charge in [-0.2, -0.15) is 4.98 Å². The average Bonchev–Trinajstić information content (AvgIpc) is 2.31. The van der Waals surface area contributed by atoms with Crippen LogP contribution in [-0.4, -0.2) is 9.97 Å². The minimum atomic E-state index is -0.645. The maximum atomic E-state index is 12.8. The first-order chi connectivity index (χ1) is 8.15. The van der Waals surface area contributed by atoms with E-state index in [1.807, 2.05) is 31.2 Å². The number of nitrogens with two attached hydrogens (primary N) is 1. The second-order valence-corrected chi connectivity index (χ2v) is 3.66. The number of hydrogen-bond acceptors (Lipinski definition) is 4. The van der Waals surface area contributed by atoms with Crippen molar-refractivity contribution in [3.8, 4) is 6.01 Å². The number of ether oxygens (including phenoxy) is 1. The highest BCUT2D eigenvalue weighted by atomic mass is 19.1. The van der Waals surface area contributed by atoms with Gasteiger partial charge in [0.15, 0.2) is 11.6 Å². The maximum absolute atomic E-state index is 12.8. The fourth-order valence-electron chi connectivity index (χ4n) is 1.38. The molecule has 2 rings (SSSR count). The van der Waals surface area contributed by atoms with Crippen LogP contribution in [0.25, 0.3) is 0 Å². The SMILES string of the molecule is Cc1cccc(COc2ncc(F)c(N)n2)c1. The van der Waals surface area contributed by atoms with Crippen molar-refractivity contribution in [1.82, 2.24) is 9.97 Å². The molecule has 2 aromatic rings. The van der Waals surface area contributed by atoms with Crippen LogP contribution in [0.4, 0.5) is 10.2 Å². The Bertz CT molecular complexity index is 531. The van der Waals surface area contributed by atoms with E-state index in [9.17, 15) is 4.39 Å². The van der Waals surface area contributed by atoms with Crippen LogP contribution in [0, 0.1) is 12.7 Å². The first kappa shape index (κ1) is 11.3. The number of anilines is 1. The monoisotopic (exact) mass is 233 g/mol. The molecule has 0 bridgehead atoms. The smallest absolute Gasteiger partial charge is 0.318 e. The Labute approximate surface area is 98.3 Å². The molecule has 2 N–H and O–H groups in total. The van der Waals surface area contributed by atoms with E-state index in [4.69, 9.17) is 10.5 Å². The Kier molecular flexibility index (Phi) is 3.18. The number of nitrogens with zero attached hydrogens (tertiary/aromatic N) is 2. The summed E-state index contributed by atoms with van der Waals surface area (Å²) >= 11 is 0. The molecule has 1 heterocycles. The Morgan fingerprint density at radius 2 is 2.24 bits per heavy atom. The van der Waals surface area contributed by atoms with Crippen molar-refractivity contribution in [3.63, 3.8) is 0 Å². The number of aromatic nitrogens is 2. The van der Waals surface area contributed by atoms with Gasteiger partial charge in [-0.3, -0.25) is 0 Å². The van der Waals surface area contributed by atoms with Gasteiger partial charge in [-0.1, -0.05) is 29.8 Å². The van der Waals surface area contributed by atoms with Crippen molar-refractivity contribution in [1.29, 1.82) is 0 Å². The van der Waals surface area contributed by atoms with Crippen molar-refractivity contribution in [2.24, 2.45) is 0 Å². The maximum Gasteiger partial charge on any atom is 0.318 e. The molecule has 0 atom stereocenters. The lowest BCUT2D eigenvalue weighted by Crippen LogP contribution is -2.03. The first-order valence-corrected chi connectivity index (χ1v) is 5.11. The number of halogens is 1. The predicted molar refractivity (Wildman–Crippen MR) is 61.9 cm³/mol. The molecule has 0 spiro atoms. The highest BCUT2D eigenvalue weighted by Crippen LogP contribution is 2.11. The molecule has 4 nitrogen and oxygen atoms in total.